The van der Waals surface area contributed by atoms with Gasteiger partial charge in [0.05, 0.1) is 6.42 Å². The summed E-state index contributed by atoms with van der Waals surface area (Å²) >= 11 is 0. The quantitative estimate of drug-likeness (QED) is 0.526. The number of carbonyl (C=O) groups excluding carboxylic acids is 2. The van der Waals surface area contributed by atoms with Gasteiger partial charge in [0, 0.05) is 25.2 Å². The molecule has 0 radical (unpaired) electrons. The molecular weight excluding hydrogens is 412 g/mol. The van der Waals surface area contributed by atoms with Gasteiger partial charge in [0.2, 0.25) is 5.91 Å². The summed E-state index contributed by atoms with van der Waals surface area (Å²) < 4.78 is 6.90. The second-order valence-corrected chi connectivity index (χ2v) is 7.48. The van der Waals surface area contributed by atoms with Gasteiger partial charge in [0.1, 0.15) is 12.6 Å². The van der Waals surface area contributed by atoms with Crippen LogP contribution in [0.2, 0.25) is 0 Å². The lowest BCUT2D eigenvalue weighted by Gasteiger charge is -2.18. The third kappa shape index (κ3) is 4.46. The Labute approximate surface area is 184 Å². The zero-order valence-corrected chi connectivity index (χ0v) is 17.3. The smallest absolute Gasteiger partial charge is 0.407 e. The van der Waals surface area contributed by atoms with Crippen molar-refractivity contribution in [2.24, 2.45) is 7.05 Å². The fourth-order valence-corrected chi connectivity index (χ4v) is 3.86. The highest BCUT2D eigenvalue weighted by atomic mass is 16.5. The highest BCUT2D eigenvalue weighted by Gasteiger charge is 2.30. The SMILES string of the molecule is Cn1ccc(NC(=O)C(CC(=O)O)NC(=O)OCC2c3ccccc3-c3ccccc32)n1. The molecule has 1 heterocycles. The normalized spacial score (nSPS) is 13.0. The van der Waals surface area contributed by atoms with Crippen LogP contribution < -0.4 is 10.6 Å². The largest absolute Gasteiger partial charge is 0.481 e. The summed E-state index contributed by atoms with van der Waals surface area (Å²) in [6.45, 7) is 0.0571. The van der Waals surface area contributed by atoms with E-state index < -0.39 is 30.4 Å². The summed E-state index contributed by atoms with van der Waals surface area (Å²) in [4.78, 5) is 36.1. The number of carboxylic acids is 1. The number of aliphatic carboxylic acids is 1. The molecule has 0 saturated carbocycles. The number of alkyl carbamates (subject to hydrolysis) is 1. The fourth-order valence-electron chi connectivity index (χ4n) is 3.86. The van der Waals surface area contributed by atoms with E-state index in [1.54, 1.807) is 19.3 Å². The van der Waals surface area contributed by atoms with Gasteiger partial charge in [-0.25, -0.2) is 4.79 Å². The Morgan fingerprint density at radius 3 is 2.25 bits per heavy atom. The molecular formula is C23H22N4O5. The van der Waals surface area contributed by atoms with Crippen LogP contribution in [0.25, 0.3) is 11.1 Å². The molecule has 1 unspecified atom stereocenters. The number of fused-ring (bicyclic) bond motifs is 3. The van der Waals surface area contributed by atoms with Crippen molar-refractivity contribution in [2.75, 3.05) is 11.9 Å². The van der Waals surface area contributed by atoms with E-state index in [1.165, 1.54) is 4.68 Å². The first-order valence-corrected chi connectivity index (χ1v) is 10.1. The molecule has 3 N–H and O–H groups in total. The molecule has 32 heavy (non-hydrogen) atoms. The Morgan fingerprint density at radius 1 is 1.06 bits per heavy atom. The first kappa shape index (κ1) is 21.1. The molecule has 164 valence electrons. The van der Waals surface area contributed by atoms with Gasteiger partial charge in [-0.1, -0.05) is 48.5 Å². The molecule has 0 fully saturated rings. The van der Waals surface area contributed by atoms with Crippen LogP contribution in [0.5, 0.6) is 0 Å². The lowest BCUT2D eigenvalue weighted by atomic mass is 9.98. The molecule has 1 aliphatic rings. The Balaban J connectivity index is 1.42. The van der Waals surface area contributed by atoms with Crippen LogP contribution in [0.1, 0.15) is 23.5 Å². The number of aromatic nitrogens is 2. The number of nitrogens with zero attached hydrogens (tertiary/aromatic N) is 2. The second kappa shape index (κ2) is 8.93. The lowest BCUT2D eigenvalue weighted by Crippen LogP contribution is -2.45. The van der Waals surface area contributed by atoms with E-state index in [0.717, 1.165) is 22.3 Å². The van der Waals surface area contributed by atoms with E-state index >= 15 is 0 Å². The third-order valence-corrected chi connectivity index (χ3v) is 5.30. The van der Waals surface area contributed by atoms with Crippen LogP contribution in [0, 0.1) is 0 Å². The zero-order valence-electron chi connectivity index (χ0n) is 17.3. The van der Waals surface area contributed by atoms with E-state index in [-0.39, 0.29) is 18.3 Å². The molecule has 2 amide bonds. The van der Waals surface area contributed by atoms with Gasteiger partial charge in [-0.2, -0.15) is 5.10 Å². The summed E-state index contributed by atoms with van der Waals surface area (Å²) in [6.07, 6.45) is 0.165. The maximum atomic E-state index is 12.5. The number of anilines is 1. The number of hydrogen-bond acceptors (Lipinski definition) is 5. The molecule has 4 rings (SSSR count). The number of nitrogens with one attached hydrogen (secondary N) is 2. The topological polar surface area (TPSA) is 123 Å². The van der Waals surface area contributed by atoms with Crippen molar-refractivity contribution >= 4 is 23.8 Å². The number of aryl methyl sites for hydroxylation is 1. The molecule has 1 aliphatic carbocycles. The summed E-state index contributed by atoms with van der Waals surface area (Å²) in [5.74, 6) is -1.82. The molecule has 0 bridgehead atoms. The number of rotatable bonds is 7. The predicted octanol–water partition coefficient (Wildman–Crippen LogP) is 2.74. The summed E-state index contributed by atoms with van der Waals surface area (Å²) in [7, 11) is 1.68. The molecule has 0 saturated heterocycles. The van der Waals surface area contributed by atoms with Crippen molar-refractivity contribution in [3.63, 3.8) is 0 Å². The standard InChI is InChI=1S/C23H22N4O5/c1-27-11-10-20(26-27)25-22(30)19(12-21(28)29)24-23(31)32-13-18-16-8-4-2-6-14(16)15-7-3-5-9-17(15)18/h2-11,18-19H,12-13H2,1H3,(H,24,31)(H,28,29)(H,25,26,30). The maximum Gasteiger partial charge on any atom is 0.407 e. The van der Waals surface area contributed by atoms with Gasteiger partial charge in [-0.15, -0.1) is 0 Å². The van der Waals surface area contributed by atoms with Gasteiger partial charge in [0.15, 0.2) is 5.82 Å². The Morgan fingerprint density at radius 2 is 1.69 bits per heavy atom. The summed E-state index contributed by atoms with van der Waals surface area (Å²) in [5, 5.41) is 18.0. The number of carboxylic acid groups (broad SMARTS) is 1. The summed E-state index contributed by atoms with van der Waals surface area (Å²) in [5.41, 5.74) is 4.29. The molecule has 1 aromatic heterocycles. The lowest BCUT2D eigenvalue weighted by molar-refractivity contribution is -0.139. The molecule has 9 heteroatoms. The fraction of sp³-hybridized carbons (Fsp3) is 0.217. The third-order valence-electron chi connectivity index (χ3n) is 5.30. The Kier molecular flexibility index (Phi) is 5.89. The van der Waals surface area contributed by atoms with Crippen LogP contribution >= 0.6 is 0 Å². The monoisotopic (exact) mass is 434 g/mol. The molecule has 0 spiro atoms. The molecule has 9 nitrogen and oxygen atoms in total. The number of ether oxygens (including phenoxy) is 1. The number of carbonyl (C=O) groups is 3. The highest BCUT2D eigenvalue weighted by molar-refractivity contribution is 5.97. The van der Waals surface area contributed by atoms with E-state index in [1.807, 2.05) is 48.5 Å². The van der Waals surface area contributed by atoms with Crippen molar-refractivity contribution in [1.82, 2.24) is 15.1 Å². The van der Waals surface area contributed by atoms with Gasteiger partial charge in [-0.3, -0.25) is 14.3 Å². The van der Waals surface area contributed by atoms with Gasteiger partial charge >= 0.3 is 12.1 Å². The molecule has 3 aromatic rings. The average molecular weight is 434 g/mol. The number of amides is 2. The maximum absolute atomic E-state index is 12.5. The van der Waals surface area contributed by atoms with Crippen molar-refractivity contribution < 1.29 is 24.2 Å². The van der Waals surface area contributed by atoms with Gasteiger partial charge in [-0.05, 0) is 22.3 Å². The van der Waals surface area contributed by atoms with E-state index in [4.69, 9.17) is 9.84 Å². The minimum absolute atomic E-state index is 0.0571. The van der Waals surface area contributed by atoms with E-state index in [9.17, 15) is 14.4 Å². The first-order valence-electron chi connectivity index (χ1n) is 10.1. The van der Waals surface area contributed by atoms with Crippen molar-refractivity contribution in [2.45, 2.75) is 18.4 Å². The van der Waals surface area contributed by atoms with Crippen molar-refractivity contribution in [3.8, 4) is 11.1 Å². The van der Waals surface area contributed by atoms with Crippen LogP contribution in [0.4, 0.5) is 10.6 Å². The molecule has 2 aromatic carbocycles. The minimum Gasteiger partial charge on any atom is -0.481 e. The van der Waals surface area contributed by atoms with E-state index in [2.05, 4.69) is 15.7 Å². The first-order chi connectivity index (χ1) is 15.4. The second-order valence-electron chi connectivity index (χ2n) is 7.48. The van der Waals surface area contributed by atoms with Crippen LogP contribution in [0.3, 0.4) is 0 Å². The highest BCUT2D eigenvalue weighted by Crippen LogP contribution is 2.44. The predicted molar refractivity (Wildman–Crippen MR) is 116 cm³/mol. The average Bonchev–Trinajstić information content (AvgIpc) is 3.32. The van der Waals surface area contributed by atoms with Crippen molar-refractivity contribution in [3.05, 3.63) is 71.9 Å². The van der Waals surface area contributed by atoms with Gasteiger partial charge in [0.25, 0.3) is 0 Å². The Hall–Kier alpha value is -4.14. The van der Waals surface area contributed by atoms with Crippen LogP contribution in [0.15, 0.2) is 60.8 Å². The number of benzene rings is 2. The molecule has 0 aliphatic heterocycles. The Bertz CT molecular complexity index is 1130. The van der Waals surface area contributed by atoms with Crippen molar-refractivity contribution in [1.29, 1.82) is 0 Å². The van der Waals surface area contributed by atoms with E-state index in [0.29, 0.717) is 0 Å². The van der Waals surface area contributed by atoms with Gasteiger partial charge < -0.3 is 20.5 Å². The summed E-state index contributed by atoms with van der Waals surface area (Å²) in [6, 6.07) is 16.1. The van der Waals surface area contributed by atoms with Crippen LogP contribution in [-0.2, 0) is 21.4 Å². The minimum atomic E-state index is -1.31. The molecule has 1 atom stereocenters. The van der Waals surface area contributed by atoms with Crippen LogP contribution in [-0.4, -0.2) is 45.5 Å². The number of hydrogen-bond donors (Lipinski definition) is 3. The zero-order chi connectivity index (χ0) is 22.7.